The summed E-state index contributed by atoms with van der Waals surface area (Å²) >= 11 is 11.8. The summed E-state index contributed by atoms with van der Waals surface area (Å²) in [5.41, 5.74) is 0.745. The van der Waals surface area contributed by atoms with Crippen molar-refractivity contribution in [1.82, 2.24) is 4.90 Å². The summed E-state index contributed by atoms with van der Waals surface area (Å²) in [6, 6.07) is 5.11. The highest BCUT2D eigenvalue weighted by atomic mass is 35.5. The third-order valence-electron chi connectivity index (χ3n) is 2.84. The number of nitrogens with zero attached hydrogens (tertiary/aromatic N) is 1. The summed E-state index contributed by atoms with van der Waals surface area (Å²) in [5, 5.41) is 10.4. The van der Waals surface area contributed by atoms with E-state index in [1.807, 2.05) is 0 Å². The molecule has 1 fully saturated rings. The zero-order valence-electron chi connectivity index (χ0n) is 9.64. The molecule has 1 atom stereocenters. The molecule has 0 radical (unpaired) electrons. The molecule has 0 spiro atoms. The first-order valence-corrected chi connectivity index (χ1v) is 6.42. The molecule has 1 saturated heterocycles. The van der Waals surface area contributed by atoms with E-state index in [9.17, 15) is 9.90 Å². The quantitative estimate of drug-likeness (QED) is 0.849. The van der Waals surface area contributed by atoms with Crippen molar-refractivity contribution in [1.29, 1.82) is 0 Å². The molecule has 2 rings (SSSR count). The number of carbonyl (C=O) groups excluding carboxylic acids is 1. The van der Waals surface area contributed by atoms with E-state index in [1.165, 1.54) is 6.08 Å². The second-order valence-electron chi connectivity index (χ2n) is 4.23. The largest absolute Gasteiger partial charge is 0.391 e. The molecule has 1 aliphatic heterocycles. The molecule has 1 heterocycles. The average Bonchev–Trinajstić information content (AvgIpc) is 2.74. The van der Waals surface area contributed by atoms with Crippen LogP contribution in [-0.4, -0.2) is 35.1 Å². The zero-order valence-corrected chi connectivity index (χ0v) is 11.2. The lowest BCUT2D eigenvalue weighted by molar-refractivity contribution is -0.125. The smallest absolute Gasteiger partial charge is 0.246 e. The average molecular weight is 286 g/mol. The van der Waals surface area contributed by atoms with Gasteiger partial charge in [-0.25, -0.2) is 0 Å². The van der Waals surface area contributed by atoms with Gasteiger partial charge in [-0.2, -0.15) is 0 Å². The van der Waals surface area contributed by atoms with E-state index in [2.05, 4.69) is 0 Å². The molecule has 3 nitrogen and oxygen atoms in total. The van der Waals surface area contributed by atoms with Crippen molar-refractivity contribution in [2.75, 3.05) is 13.1 Å². The highest BCUT2D eigenvalue weighted by Crippen LogP contribution is 2.22. The van der Waals surface area contributed by atoms with E-state index in [0.29, 0.717) is 29.6 Å². The number of rotatable bonds is 2. The Morgan fingerprint density at radius 3 is 2.83 bits per heavy atom. The number of benzene rings is 1. The Morgan fingerprint density at radius 1 is 1.44 bits per heavy atom. The summed E-state index contributed by atoms with van der Waals surface area (Å²) in [5.74, 6) is -0.113. The minimum Gasteiger partial charge on any atom is -0.391 e. The molecule has 1 aromatic rings. The van der Waals surface area contributed by atoms with E-state index in [-0.39, 0.29) is 5.91 Å². The molecule has 96 valence electrons. The van der Waals surface area contributed by atoms with Crippen molar-refractivity contribution in [2.45, 2.75) is 12.5 Å². The van der Waals surface area contributed by atoms with Gasteiger partial charge in [0.25, 0.3) is 0 Å². The number of halogens is 2. The lowest BCUT2D eigenvalue weighted by atomic mass is 10.2. The lowest BCUT2D eigenvalue weighted by Crippen LogP contribution is -2.27. The van der Waals surface area contributed by atoms with Gasteiger partial charge in [0, 0.05) is 29.2 Å². The van der Waals surface area contributed by atoms with Crippen LogP contribution in [0.15, 0.2) is 24.3 Å². The Kier molecular flexibility index (Phi) is 4.27. The predicted molar refractivity (Wildman–Crippen MR) is 72.7 cm³/mol. The van der Waals surface area contributed by atoms with Crippen molar-refractivity contribution in [3.8, 4) is 0 Å². The van der Waals surface area contributed by atoms with Crippen LogP contribution >= 0.6 is 23.2 Å². The highest BCUT2D eigenvalue weighted by molar-refractivity contribution is 6.35. The fourth-order valence-corrected chi connectivity index (χ4v) is 2.32. The number of amides is 1. The number of hydrogen-bond acceptors (Lipinski definition) is 2. The van der Waals surface area contributed by atoms with Crippen LogP contribution in [0.5, 0.6) is 0 Å². The van der Waals surface area contributed by atoms with Crippen LogP contribution in [-0.2, 0) is 4.79 Å². The number of aliphatic hydroxyl groups excluding tert-OH is 1. The molecule has 1 N–H and O–H groups in total. The Labute approximate surface area is 116 Å². The maximum atomic E-state index is 11.8. The van der Waals surface area contributed by atoms with Gasteiger partial charge in [-0.15, -0.1) is 0 Å². The third kappa shape index (κ3) is 3.25. The molecule has 5 heteroatoms. The van der Waals surface area contributed by atoms with Crippen LogP contribution in [0.3, 0.4) is 0 Å². The first-order chi connectivity index (χ1) is 8.56. The standard InChI is InChI=1S/C13H13Cl2NO2/c14-10-3-1-9(12(15)7-10)2-4-13(18)16-6-5-11(17)8-16/h1-4,7,11,17H,5-6,8H2. The maximum absolute atomic E-state index is 11.8. The van der Waals surface area contributed by atoms with Crippen molar-refractivity contribution < 1.29 is 9.90 Å². The highest BCUT2D eigenvalue weighted by Gasteiger charge is 2.22. The number of carbonyl (C=O) groups is 1. The van der Waals surface area contributed by atoms with E-state index in [1.54, 1.807) is 29.2 Å². The van der Waals surface area contributed by atoms with Crippen molar-refractivity contribution in [3.05, 3.63) is 39.9 Å². The molecular weight excluding hydrogens is 273 g/mol. The first-order valence-electron chi connectivity index (χ1n) is 5.66. The van der Waals surface area contributed by atoms with Gasteiger partial charge >= 0.3 is 0 Å². The van der Waals surface area contributed by atoms with Gasteiger partial charge < -0.3 is 10.0 Å². The van der Waals surface area contributed by atoms with Crippen molar-refractivity contribution >= 4 is 35.2 Å². The summed E-state index contributed by atoms with van der Waals surface area (Å²) in [7, 11) is 0. The van der Waals surface area contributed by atoms with Gasteiger partial charge in [0.2, 0.25) is 5.91 Å². The Morgan fingerprint density at radius 2 is 2.22 bits per heavy atom. The number of aliphatic hydroxyl groups is 1. The fourth-order valence-electron chi connectivity index (χ4n) is 1.85. The summed E-state index contributed by atoms with van der Waals surface area (Å²) in [6.07, 6.45) is 3.36. The first kappa shape index (κ1) is 13.4. The number of β-amino-alcohol motifs (C(OH)–C–C–N with tert-alkyl or cyclic N) is 1. The van der Waals surface area contributed by atoms with Gasteiger partial charge in [0.05, 0.1) is 6.10 Å². The minimum absolute atomic E-state index is 0.113. The van der Waals surface area contributed by atoms with Crippen LogP contribution < -0.4 is 0 Å². The topological polar surface area (TPSA) is 40.5 Å². The van der Waals surface area contributed by atoms with Gasteiger partial charge in [-0.1, -0.05) is 29.3 Å². The zero-order chi connectivity index (χ0) is 13.1. The Bertz CT molecular complexity index is 488. The van der Waals surface area contributed by atoms with Crippen molar-refractivity contribution in [2.24, 2.45) is 0 Å². The van der Waals surface area contributed by atoms with Gasteiger partial charge in [-0.3, -0.25) is 4.79 Å². The molecule has 0 saturated carbocycles. The molecule has 0 bridgehead atoms. The Hall–Kier alpha value is -1.03. The van der Waals surface area contributed by atoms with Gasteiger partial charge in [0.15, 0.2) is 0 Å². The van der Waals surface area contributed by atoms with Crippen molar-refractivity contribution in [3.63, 3.8) is 0 Å². The number of hydrogen-bond donors (Lipinski definition) is 1. The molecular formula is C13H13Cl2NO2. The molecule has 1 aromatic carbocycles. The molecule has 1 unspecified atom stereocenters. The number of likely N-dealkylation sites (tertiary alicyclic amines) is 1. The minimum atomic E-state index is -0.401. The van der Waals surface area contributed by atoms with Crippen LogP contribution in [0.2, 0.25) is 10.0 Å². The third-order valence-corrected chi connectivity index (χ3v) is 3.41. The molecule has 0 aromatic heterocycles. The lowest BCUT2D eigenvalue weighted by Gasteiger charge is -2.12. The van der Waals surface area contributed by atoms with Crippen LogP contribution in [0, 0.1) is 0 Å². The van der Waals surface area contributed by atoms with E-state index < -0.39 is 6.10 Å². The van der Waals surface area contributed by atoms with Crippen LogP contribution in [0.4, 0.5) is 0 Å². The molecule has 18 heavy (non-hydrogen) atoms. The monoisotopic (exact) mass is 285 g/mol. The maximum Gasteiger partial charge on any atom is 0.246 e. The predicted octanol–water partition coefficient (Wildman–Crippen LogP) is 2.60. The van der Waals surface area contributed by atoms with E-state index in [4.69, 9.17) is 23.2 Å². The molecule has 1 aliphatic rings. The van der Waals surface area contributed by atoms with E-state index in [0.717, 1.165) is 5.56 Å². The molecule has 1 amide bonds. The van der Waals surface area contributed by atoms with Gasteiger partial charge in [0.1, 0.15) is 0 Å². The normalized spacial score (nSPS) is 19.7. The van der Waals surface area contributed by atoms with Gasteiger partial charge in [-0.05, 0) is 30.2 Å². The fraction of sp³-hybridized carbons (Fsp3) is 0.308. The van der Waals surface area contributed by atoms with Crippen LogP contribution in [0.1, 0.15) is 12.0 Å². The SMILES string of the molecule is O=C(C=Cc1ccc(Cl)cc1Cl)N1CCC(O)C1. The summed E-state index contributed by atoms with van der Waals surface area (Å²) < 4.78 is 0. The summed E-state index contributed by atoms with van der Waals surface area (Å²) in [4.78, 5) is 13.4. The second-order valence-corrected chi connectivity index (χ2v) is 5.07. The van der Waals surface area contributed by atoms with Crippen LogP contribution in [0.25, 0.3) is 6.08 Å². The van der Waals surface area contributed by atoms with E-state index >= 15 is 0 Å². The second kappa shape index (κ2) is 5.74. The summed E-state index contributed by atoms with van der Waals surface area (Å²) in [6.45, 7) is 0.996. The Balaban J connectivity index is 2.04. The molecule has 0 aliphatic carbocycles.